The van der Waals surface area contributed by atoms with Crippen LogP contribution >= 0.6 is 23.1 Å². The van der Waals surface area contributed by atoms with E-state index in [-0.39, 0.29) is 17.8 Å². The molecule has 0 saturated carbocycles. The van der Waals surface area contributed by atoms with Gasteiger partial charge in [0.1, 0.15) is 5.75 Å². The van der Waals surface area contributed by atoms with Crippen LogP contribution in [0.15, 0.2) is 53.0 Å². The van der Waals surface area contributed by atoms with Gasteiger partial charge in [-0.3, -0.25) is 4.79 Å². The Labute approximate surface area is 214 Å². The lowest BCUT2D eigenvalue weighted by molar-refractivity contribution is -0.113. The number of hydrogen-bond acceptors (Lipinski definition) is 7. The van der Waals surface area contributed by atoms with E-state index in [0.29, 0.717) is 16.8 Å². The first-order valence-corrected chi connectivity index (χ1v) is 13.3. The number of nitrogens with zero attached hydrogens (tertiary/aromatic N) is 4. The summed E-state index contributed by atoms with van der Waals surface area (Å²) in [5, 5.41) is 14.8. The van der Waals surface area contributed by atoms with E-state index >= 15 is 0 Å². The normalized spacial score (nSPS) is 11.9. The predicted molar refractivity (Wildman–Crippen MR) is 142 cm³/mol. The van der Waals surface area contributed by atoms with Crippen molar-refractivity contribution in [1.29, 1.82) is 0 Å². The van der Waals surface area contributed by atoms with Crippen LogP contribution in [-0.2, 0) is 11.3 Å². The summed E-state index contributed by atoms with van der Waals surface area (Å²) >= 11 is 2.77. The monoisotopic (exact) mass is 507 g/mol. The minimum Gasteiger partial charge on any atom is -0.483 e. The summed E-state index contributed by atoms with van der Waals surface area (Å²) in [5.41, 5.74) is 5.49. The van der Waals surface area contributed by atoms with Crippen molar-refractivity contribution in [3.8, 4) is 17.0 Å². The molecule has 182 valence electrons. The minimum atomic E-state index is -0.275. The first-order valence-electron chi connectivity index (χ1n) is 11.5. The van der Waals surface area contributed by atoms with Gasteiger partial charge in [-0.15, -0.1) is 21.5 Å². The summed E-state index contributed by atoms with van der Waals surface area (Å²) < 4.78 is 8.11. The zero-order valence-corrected chi connectivity index (χ0v) is 22.2. The Morgan fingerprint density at radius 1 is 1.11 bits per heavy atom. The molecule has 0 spiro atoms. The van der Waals surface area contributed by atoms with Crippen LogP contribution in [0.2, 0.25) is 0 Å². The highest BCUT2D eigenvalue weighted by atomic mass is 32.2. The molecule has 0 radical (unpaired) electrons. The number of thiazole rings is 1. The van der Waals surface area contributed by atoms with Crippen molar-refractivity contribution in [3.05, 3.63) is 70.4 Å². The largest absolute Gasteiger partial charge is 0.483 e. The summed E-state index contributed by atoms with van der Waals surface area (Å²) in [5.74, 6) is 1.61. The topological polar surface area (TPSA) is 81.9 Å². The molecule has 0 aliphatic carbocycles. The van der Waals surface area contributed by atoms with E-state index in [2.05, 4.69) is 53.4 Å². The molecule has 2 aromatic carbocycles. The molecule has 1 amide bonds. The van der Waals surface area contributed by atoms with E-state index in [9.17, 15) is 4.79 Å². The molecule has 0 aliphatic rings. The molecule has 9 heteroatoms. The molecule has 0 aliphatic heterocycles. The van der Waals surface area contributed by atoms with Crippen molar-refractivity contribution in [3.63, 3.8) is 0 Å². The number of rotatable bonds is 9. The summed E-state index contributed by atoms with van der Waals surface area (Å²) in [6, 6.07) is 14.2. The first-order chi connectivity index (χ1) is 16.8. The number of anilines is 1. The van der Waals surface area contributed by atoms with Gasteiger partial charge >= 0.3 is 0 Å². The molecular formula is C26H29N5O2S2. The van der Waals surface area contributed by atoms with E-state index in [1.54, 1.807) is 0 Å². The maximum Gasteiger partial charge on any atom is 0.236 e. The maximum atomic E-state index is 12.6. The van der Waals surface area contributed by atoms with Crippen molar-refractivity contribution in [2.24, 2.45) is 0 Å². The van der Waals surface area contributed by atoms with Crippen molar-refractivity contribution in [2.75, 3.05) is 11.1 Å². The SMILES string of the molecule is CCn1c(SCC(=O)Nc2nc(-c3ccc(C)cc3)cs2)nnc1C(C)Oc1ccc(C)c(C)c1. The summed E-state index contributed by atoms with van der Waals surface area (Å²) in [6.07, 6.45) is -0.275. The molecule has 0 fully saturated rings. The molecule has 35 heavy (non-hydrogen) atoms. The highest BCUT2D eigenvalue weighted by Gasteiger charge is 2.20. The maximum absolute atomic E-state index is 12.6. The molecule has 0 bridgehead atoms. The zero-order chi connectivity index (χ0) is 24.9. The number of carbonyl (C=O) groups is 1. The van der Waals surface area contributed by atoms with Gasteiger partial charge < -0.3 is 14.6 Å². The van der Waals surface area contributed by atoms with Crippen LogP contribution in [0.1, 0.15) is 42.5 Å². The summed E-state index contributed by atoms with van der Waals surface area (Å²) in [7, 11) is 0. The third-order valence-electron chi connectivity index (χ3n) is 5.65. The molecule has 7 nitrogen and oxygen atoms in total. The van der Waals surface area contributed by atoms with Gasteiger partial charge in [0.15, 0.2) is 22.2 Å². The number of amides is 1. The number of aryl methyl sites for hydroxylation is 3. The second kappa shape index (κ2) is 11.0. The number of ether oxygens (including phenoxy) is 1. The van der Waals surface area contributed by atoms with E-state index in [1.807, 2.05) is 54.1 Å². The van der Waals surface area contributed by atoms with Crippen molar-refractivity contribution < 1.29 is 9.53 Å². The fourth-order valence-corrected chi connectivity index (χ4v) is 5.07. The average molecular weight is 508 g/mol. The Bertz CT molecular complexity index is 1310. The molecule has 0 saturated heterocycles. The molecular weight excluding hydrogens is 478 g/mol. The second-order valence-electron chi connectivity index (χ2n) is 8.33. The number of aromatic nitrogens is 4. The number of hydrogen-bond donors (Lipinski definition) is 1. The molecule has 1 N–H and O–H groups in total. The van der Waals surface area contributed by atoms with Crippen molar-refractivity contribution >= 4 is 34.1 Å². The fraction of sp³-hybridized carbons (Fsp3) is 0.308. The Balaban J connectivity index is 1.36. The van der Waals surface area contributed by atoms with Gasteiger partial charge in [0.2, 0.25) is 5.91 Å². The average Bonchev–Trinajstić information content (AvgIpc) is 3.47. The highest BCUT2D eigenvalue weighted by Crippen LogP contribution is 2.27. The van der Waals surface area contributed by atoms with E-state index < -0.39 is 0 Å². The van der Waals surface area contributed by atoms with Gasteiger partial charge in [0, 0.05) is 17.5 Å². The first kappa shape index (κ1) is 24.9. The predicted octanol–water partition coefficient (Wildman–Crippen LogP) is 6.22. The standard InChI is InChI=1S/C26H29N5O2S2/c1-6-31-24(19(5)33-21-12-9-17(3)18(4)13-21)29-30-26(31)35-15-23(32)28-25-27-22(14-34-25)20-10-7-16(2)8-11-20/h7-14,19H,6,15H2,1-5H3,(H,27,28,32). The van der Waals surface area contributed by atoms with Crippen molar-refractivity contribution in [1.82, 2.24) is 19.7 Å². The van der Waals surface area contributed by atoms with E-state index in [4.69, 9.17) is 4.74 Å². The molecule has 2 aromatic heterocycles. The van der Waals surface area contributed by atoms with Gasteiger partial charge in [-0.25, -0.2) is 4.98 Å². The molecule has 4 aromatic rings. The van der Waals surface area contributed by atoms with E-state index in [0.717, 1.165) is 22.8 Å². The molecule has 2 heterocycles. The van der Waals surface area contributed by atoms with Gasteiger partial charge in [-0.2, -0.15) is 0 Å². The van der Waals surface area contributed by atoms with Crippen LogP contribution in [0.5, 0.6) is 5.75 Å². The number of nitrogens with one attached hydrogen (secondary N) is 1. The highest BCUT2D eigenvalue weighted by molar-refractivity contribution is 7.99. The van der Waals surface area contributed by atoms with Gasteiger partial charge in [0.05, 0.1) is 11.4 Å². The van der Waals surface area contributed by atoms with Gasteiger partial charge in [-0.05, 0) is 57.9 Å². The van der Waals surface area contributed by atoms with E-state index in [1.165, 1.54) is 39.8 Å². The van der Waals surface area contributed by atoms with Crippen LogP contribution in [0.25, 0.3) is 11.3 Å². The lowest BCUT2D eigenvalue weighted by Crippen LogP contribution is -2.15. The fourth-order valence-electron chi connectivity index (χ4n) is 3.52. The smallest absolute Gasteiger partial charge is 0.236 e. The third kappa shape index (κ3) is 6.10. The zero-order valence-electron chi connectivity index (χ0n) is 20.5. The number of thioether (sulfide) groups is 1. The molecule has 1 unspecified atom stereocenters. The molecule has 4 rings (SSSR count). The number of carbonyl (C=O) groups excluding carboxylic acids is 1. The van der Waals surface area contributed by atoms with Crippen LogP contribution < -0.4 is 10.1 Å². The van der Waals surface area contributed by atoms with Crippen LogP contribution in [0.4, 0.5) is 5.13 Å². The van der Waals surface area contributed by atoms with Gasteiger partial charge in [-0.1, -0.05) is 47.7 Å². The Kier molecular flexibility index (Phi) is 7.87. The second-order valence-corrected chi connectivity index (χ2v) is 10.1. The Hall–Kier alpha value is -3.17. The van der Waals surface area contributed by atoms with Gasteiger partial charge in [0.25, 0.3) is 0 Å². The third-order valence-corrected chi connectivity index (χ3v) is 7.37. The lowest BCUT2D eigenvalue weighted by atomic mass is 10.1. The molecule has 1 atom stereocenters. The van der Waals surface area contributed by atoms with Crippen LogP contribution in [0.3, 0.4) is 0 Å². The minimum absolute atomic E-state index is 0.133. The van der Waals surface area contributed by atoms with Crippen LogP contribution in [0, 0.1) is 20.8 Å². The summed E-state index contributed by atoms with van der Waals surface area (Å²) in [6.45, 7) is 10.9. The quantitative estimate of drug-likeness (QED) is 0.271. The lowest BCUT2D eigenvalue weighted by Gasteiger charge is -2.16. The van der Waals surface area contributed by atoms with Crippen molar-refractivity contribution in [2.45, 2.75) is 52.4 Å². The summed E-state index contributed by atoms with van der Waals surface area (Å²) in [4.78, 5) is 17.1. The Morgan fingerprint density at radius 3 is 2.60 bits per heavy atom. The van der Waals surface area contributed by atoms with Crippen LogP contribution in [-0.4, -0.2) is 31.4 Å². The Morgan fingerprint density at radius 2 is 1.89 bits per heavy atom. The number of benzene rings is 2.